The minimum atomic E-state index is -0.407. The summed E-state index contributed by atoms with van der Waals surface area (Å²) in [5, 5.41) is 7.33. The monoisotopic (exact) mass is 443 g/mol. The highest BCUT2D eigenvalue weighted by molar-refractivity contribution is 6.33. The zero-order chi connectivity index (χ0) is 21.4. The van der Waals surface area contributed by atoms with Crippen LogP contribution >= 0.6 is 11.6 Å². The Kier molecular flexibility index (Phi) is 5.46. The molecule has 6 rings (SSSR count). The van der Waals surface area contributed by atoms with Crippen molar-refractivity contribution in [2.24, 2.45) is 23.2 Å². The molecule has 1 heterocycles. The van der Waals surface area contributed by atoms with Crippen LogP contribution in [-0.2, 0) is 20.9 Å². The minimum Gasteiger partial charge on any atom is -0.457 e. The van der Waals surface area contributed by atoms with Gasteiger partial charge in [-0.3, -0.25) is 9.59 Å². The molecule has 31 heavy (non-hydrogen) atoms. The number of esters is 1. The quantitative estimate of drug-likeness (QED) is 0.646. The molecule has 0 atom stereocenters. The van der Waals surface area contributed by atoms with Crippen LogP contribution in [0.4, 0.5) is 0 Å². The lowest BCUT2D eigenvalue weighted by Crippen LogP contribution is -2.53. The zero-order valence-corrected chi connectivity index (χ0v) is 18.1. The van der Waals surface area contributed by atoms with E-state index in [2.05, 4.69) is 15.5 Å². The molecule has 4 saturated carbocycles. The number of hydrogen-bond donors (Lipinski definition) is 1. The normalized spacial score (nSPS) is 28.5. The fraction of sp³-hybridized carbons (Fsp3) is 0.565. The molecule has 2 aromatic rings. The maximum Gasteiger partial charge on any atom is 0.308 e. The van der Waals surface area contributed by atoms with Gasteiger partial charge in [0.15, 0.2) is 6.61 Å². The van der Waals surface area contributed by atoms with Crippen molar-refractivity contribution in [3.8, 4) is 11.5 Å². The van der Waals surface area contributed by atoms with Crippen LogP contribution in [0.3, 0.4) is 0 Å². The lowest BCUT2D eigenvalue weighted by molar-refractivity contribution is -0.147. The summed E-state index contributed by atoms with van der Waals surface area (Å²) in [7, 11) is 0. The number of nitrogens with zero attached hydrogens (tertiary/aromatic N) is 2. The van der Waals surface area contributed by atoms with E-state index in [9.17, 15) is 9.59 Å². The number of aromatic nitrogens is 2. The van der Waals surface area contributed by atoms with Crippen molar-refractivity contribution in [1.82, 2.24) is 15.5 Å². The third kappa shape index (κ3) is 4.20. The summed E-state index contributed by atoms with van der Waals surface area (Å²) in [5.74, 6) is 2.41. The topological polar surface area (TPSA) is 94.3 Å². The van der Waals surface area contributed by atoms with Crippen LogP contribution in [0.25, 0.3) is 11.5 Å². The largest absolute Gasteiger partial charge is 0.457 e. The van der Waals surface area contributed by atoms with Gasteiger partial charge in [0.2, 0.25) is 11.7 Å². The van der Waals surface area contributed by atoms with Crippen molar-refractivity contribution in [1.29, 1.82) is 0 Å². The predicted molar refractivity (Wildman–Crippen MR) is 113 cm³/mol. The van der Waals surface area contributed by atoms with E-state index in [0.29, 0.717) is 28.3 Å². The first-order chi connectivity index (χ1) is 15.0. The Morgan fingerprint density at radius 2 is 1.81 bits per heavy atom. The van der Waals surface area contributed by atoms with Crippen LogP contribution in [0, 0.1) is 23.2 Å². The molecular weight excluding hydrogens is 418 g/mol. The number of hydrogen-bond acceptors (Lipinski definition) is 6. The van der Waals surface area contributed by atoms with E-state index in [4.69, 9.17) is 20.9 Å². The number of carbonyl (C=O) groups excluding carboxylic acids is 2. The standard InChI is InChI=1S/C23H26ClN3O4/c24-18-4-2-1-3-17(18)21-26-19(27-31-21)13-30-20(28)5-6-25-22(29)23-10-14-7-15(11-23)9-16(8-14)12-23/h1-4,14-16H,5-13H2,(H,25,29). The molecule has 164 valence electrons. The third-order valence-corrected chi connectivity index (χ3v) is 7.40. The number of carbonyl (C=O) groups is 2. The smallest absolute Gasteiger partial charge is 0.308 e. The van der Waals surface area contributed by atoms with Gasteiger partial charge >= 0.3 is 5.97 Å². The molecule has 0 spiro atoms. The number of halogens is 1. The Bertz CT molecular complexity index is 953. The van der Waals surface area contributed by atoms with Gasteiger partial charge in [0.25, 0.3) is 5.89 Å². The molecule has 1 amide bonds. The maximum atomic E-state index is 12.9. The van der Waals surface area contributed by atoms with Gasteiger partial charge in [-0.15, -0.1) is 0 Å². The number of rotatable bonds is 7. The van der Waals surface area contributed by atoms with Crippen LogP contribution in [0.2, 0.25) is 5.02 Å². The van der Waals surface area contributed by atoms with Gasteiger partial charge in [0, 0.05) is 12.0 Å². The molecule has 0 saturated heterocycles. The highest BCUT2D eigenvalue weighted by Crippen LogP contribution is 2.60. The number of nitrogens with one attached hydrogen (secondary N) is 1. The van der Waals surface area contributed by atoms with E-state index in [1.54, 1.807) is 12.1 Å². The van der Waals surface area contributed by atoms with Gasteiger partial charge in [0.1, 0.15) is 0 Å². The van der Waals surface area contributed by atoms with E-state index in [0.717, 1.165) is 19.3 Å². The Morgan fingerprint density at radius 3 is 2.48 bits per heavy atom. The number of benzene rings is 1. The zero-order valence-electron chi connectivity index (χ0n) is 17.3. The van der Waals surface area contributed by atoms with Gasteiger partial charge in [-0.1, -0.05) is 28.9 Å². The molecule has 1 N–H and O–H groups in total. The Labute approximate surface area is 185 Å². The van der Waals surface area contributed by atoms with Crippen LogP contribution in [0.15, 0.2) is 28.8 Å². The van der Waals surface area contributed by atoms with Crippen molar-refractivity contribution in [3.05, 3.63) is 35.1 Å². The molecular formula is C23H26ClN3O4. The molecule has 4 bridgehead atoms. The first-order valence-corrected chi connectivity index (χ1v) is 11.4. The Balaban J connectivity index is 1.08. The Morgan fingerprint density at radius 1 is 1.13 bits per heavy atom. The fourth-order valence-electron chi connectivity index (χ4n) is 6.13. The van der Waals surface area contributed by atoms with E-state index < -0.39 is 5.97 Å². The van der Waals surface area contributed by atoms with E-state index in [1.165, 1.54) is 19.3 Å². The average molecular weight is 444 g/mol. The molecule has 4 aliphatic rings. The van der Waals surface area contributed by atoms with Gasteiger partial charge in [0.05, 0.1) is 17.0 Å². The van der Waals surface area contributed by atoms with Crippen molar-refractivity contribution in [2.45, 2.75) is 51.6 Å². The van der Waals surface area contributed by atoms with Gasteiger partial charge in [-0.25, -0.2) is 0 Å². The first-order valence-electron chi connectivity index (χ1n) is 11.0. The molecule has 0 aliphatic heterocycles. The predicted octanol–water partition coefficient (Wildman–Crippen LogP) is 4.16. The van der Waals surface area contributed by atoms with E-state index in [1.807, 2.05) is 12.1 Å². The summed E-state index contributed by atoms with van der Waals surface area (Å²) in [5.41, 5.74) is 0.430. The summed E-state index contributed by atoms with van der Waals surface area (Å²) in [4.78, 5) is 29.2. The molecule has 7 nitrogen and oxygen atoms in total. The second-order valence-electron chi connectivity index (χ2n) is 9.36. The molecule has 0 radical (unpaired) electrons. The molecule has 4 fully saturated rings. The summed E-state index contributed by atoms with van der Waals surface area (Å²) in [6.45, 7) is 0.201. The van der Waals surface area contributed by atoms with E-state index >= 15 is 0 Å². The lowest BCUT2D eigenvalue weighted by Gasteiger charge is -2.55. The second-order valence-corrected chi connectivity index (χ2v) is 9.77. The first kappa shape index (κ1) is 20.5. The highest BCUT2D eigenvalue weighted by Gasteiger charge is 2.54. The SMILES string of the molecule is O=C(CCNC(=O)C12CC3CC(CC(C3)C1)C2)OCc1noc(-c2ccccc2Cl)n1. The molecule has 0 unspecified atom stereocenters. The van der Waals surface area contributed by atoms with Crippen molar-refractivity contribution in [2.75, 3.05) is 6.54 Å². The fourth-order valence-corrected chi connectivity index (χ4v) is 6.34. The molecule has 1 aromatic heterocycles. The van der Waals surface area contributed by atoms with Gasteiger partial charge < -0.3 is 14.6 Å². The van der Waals surface area contributed by atoms with Crippen LogP contribution in [0.5, 0.6) is 0 Å². The second kappa shape index (κ2) is 8.26. The van der Waals surface area contributed by atoms with Gasteiger partial charge in [-0.2, -0.15) is 4.98 Å². The van der Waals surface area contributed by atoms with Gasteiger partial charge in [-0.05, 0) is 68.4 Å². The summed E-state index contributed by atoms with van der Waals surface area (Å²) in [6, 6.07) is 7.15. The van der Waals surface area contributed by atoms with Crippen molar-refractivity contribution >= 4 is 23.5 Å². The highest BCUT2D eigenvalue weighted by atomic mass is 35.5. The summed E-state index contributed by atoms with van der Waals surface area (Å²) >= 11 is 6.13. The van der Waals surface area contributed by atoms with Crippen molar-refractivity contribution < 1.29 is 18.8 Å². The summed E-state index contributed by atoms with van der Waals surface area (Å²) in [6.07, 6.45) is 7.06. The van der Waals surface area contributed by atoms with Crippen molar-refractivity contribution in [3.63, 3.8) is 0 Å². The summed E-state index contributed by atoms with van der Waals surface area (Å²) < 4.78 is 10.4. The molecule has 8 heteroatoms. The molecule has 4 aliphatic carbocycles. The number of ether oxygens (including phenoxy) is 1. The van der Waals surface area contributed by atoms with Crippen LogP contribution in [-0.4, -0.2) is 28.6 Å². The molecule has 1 aromatic carbocycles. The average Bonchev–Trinajstić information content (AvgIpc) is 3.20. The lowest BCUT2D eigenvalue weighted by atomic mass is 9.49. The van der Waals surface area contributed by atoms with E-state index in [-0.39, 0.29) is 42.6 Å². The third-order valence-electron chi connectivity index (χ3n) is 7.07. The van der Waals surface area contributed by atoms with Crippen LogP contribution in [0.1, 0.15) is 50.8 Å². The Hall–Kier alpha value is -2.41. The van der Waals surface area contributed by atoms with Crippen LogP contribution < -0.4 is 5.32 Å². The maximum absolute atomic E-state index is 12.9. The number of amides is 1. The minimum absolute atomic E-state index is 0.0876.